The van der Waals surface area contributed by atoms with Gasteiger partial charge in [0.1, 0.15) is 0 Å². The predicted octanol–water partition coefficient (Wildman–Crippen LogP) is 1.75. The Morgan fingerprint density at radius 1 is 1.43 bits per heavy atom. The van der Waals surface area contributed by atoms with Crippen LogP contribution in [0.15, 0.2) is 18.2 Å². The zero-order chi connectivity index (χ0) is 10.6. The van der Waals surface area contributed by atoms with Crippen molar-refractivity contribution in [2.75, 3.05) is 14.2 Å². The molecule has 76 valence electrons. The lowest BCUT2D eigenvalue weighted by molar-refractivity contribution is -0.385. The van der Waals surface area contributed by atoms with E-state index in [-0.39, 0.29) is 11.4 Å². The maximum absolute atomic E-state index is 10.5. The lowest BCUT2D eigenvalue weighted by Crippen LogP contribution is -1.95. The fourth-order valence-electron chi connectivity index (χ4n) is 1.13. The van der Waals surface area contributed by atoms with Crippen molar-refractivity contribution in [2.24, 2.45) is 0 Å². The summed E-state index contributed by atoms with van der Waals surface area (Å²) in [4.78, 5) is 10.1. The van der Waals surface area contributed by atoms with Crippen LogP contribution in [0.4, 0.5) is 5.69 Å². The summed E-state index contributed by atoms with van der Waals surface area (Å²) in [6, 6.07) is 4.65. The number of nitrogens with zero attached hydrogens (tertiary/aromatic N) is 1. The molecular weight excluding hydrogens is 186 g/mol. The molecule has 0 saturated heterocycles. The molecule has 14 heavy (non-hydrogen) atoms. The molecule has 0 amide bonds. The second kappa shape index (κ2) is 4.57. The van der Waals surface area contributed by atoms with Crippen LogP contribution >= 0.6 is 0 Å². The first kappa shape index (κ1) is 10.5. The number of ether oxygens (including phenoxy) is 2. The lowest BCUT2D eigenvalue weighted by atomic mass is 10.2. The van der Waals surface area contributed by atoms with Gasteiger partial charge in [-0.3, -0.25) is 10.1 Å². The van der Waals surface area contributed by atoms with Gasteiger partial charge in [0.25, 0.3) is 0 Å². The average molecular weight is 197 g/mol. The van der Waals surface area contributed by atoms with Crippen LogP contribution in [0.2, 0.25) is 0 Å². The van der Waals surface area contributed by atoms with Gasteiger partial charge in [-0.15, -0.1) is 0 Å². The van der Waals surface area contributed by atoms with Crippen molar-refractivity contribution >= 4 is 5.69 Å². The van der Waals surface area contributed by atoms with Gasteiger partial charge in [-0.05, 0) is 17.7 Å². The number of benzene rings is 1. The average Bonchev–Trinajstić information content (AvgIpc) is 2.17. The van der Waals surface area contributed by atoms with Gasteiger partial charge >= 0.3 is 5.69 Å². The SMILES string of the molecule is COCc1ccc([N+](=O)[O-])c(OC)c1. The first-order valence-corrected chi connectivity index (χ1v) is 3.99. The normalized spacial score (nSPS) is 9.86. The van der Waals surface area contributed by atoms with E-state index in [1.165, 1.54) is 13.2 Å². The highest BCUT2D eigenvalue weighted by Crippen LogP contribution is 2.27. The molecule has 0 aromatic heterocycles. The van der Waals surface area contributed by atoms with E-state index in [4.69, 9.17) is 9.47 Å². The molecule has 0 aliphatic rings. The molecule has 5 nitrogen and oxygen atoms in total. The summed E-state index contributed by atoms with van der Waals surface area (Å²) < 4.78 is 9.80. The molecule has 0 aliphatic heterocycles. The van der Waals surface area contributed by atoms with Gasteiger partial charge < -0.3 is 9.47 Å². The van der Waals surface area contributed by atoms with Gasteiger partial charge in [0.2, 0.25) is 0 Å². The second-order valence-corrected chi connectivity index (χ2v) is 2.70. The van der Waals surface area contributed by atoms with Gasteiger partial charge in [0.05, 0.1) is 18.6 Å². The molecular formula is C9H11NO4. The standard InChI is InChI=1S/C9H11NO4/c1-13-6-7-3-4-8(10(11)12)9(5-7)14-2/h3-5H,6H2,1-2H3. The number of hydrogen-bond acceptors (Lipinski definition) is 4. The highest BCUT2D eigenvalue weighted by Gasteiger charge is 2.14. The van der Waals surface area contributed by atoms with Crippen LogP contribution in [-0.2, 0) is 11.3 Å². The van der Waals surface area contributed by atoms with Crippen LogP contribution in [0, 0.1) is 10.1 Å². The summed E-state index contributed by atoms with van der Waals surface area (Å²) >= 11 is 0. The minimum absolute atomic E-state index is 0.0349. The summed E-state index contributed by atoms with van der Waals surface area (Å²) in [5, 5.41) is 10.5. The molecule has 1 rings (SSSR count). The lowest BCUT2D eigenvalue weighted by Gasteiger charge is -2.04. The zero-order valence-corrected chi connectivity index (χ0v) is 8.02. The van der Waals surface area contributed by atoms with Gasteiger partial charge in [-0.1, -0.05) is 0 Å². The first-order valence-electron chi connectivity index (χ1n) is 3.99. The molecule has 0 spiro atoms. The Bertz CT molecular complexity index is 338. The van der Waals surface area contributed by atoms with Crippen molar-refractivity contribution in [2.45, 2.75) is 6.61 Å². The van der Waals surface area contributed by atoms with Crippen molar-refractivity contribution in [3.63, 3.8) is 0 Å². The quantitative estimate of drug-likeness (QED) is 0.545. The maximum atomic E-state index is 10.5. The van der Waals surface area contributed by atoms with Crippen molar-refractivity contribution < 1.29 is 14.4 Å². The van der Waals surface area contributed by atoms with Crippen LogP contribution < -0.4 is 4.74 Å². The molecule has 0 radical (unpaired) electrons. The van der Waals surface area contributed by atoms with E-state index < -0.39 is 4.92 Å². The molecule has 1 aromatic rings. The van der Waals surface area contributed by atoms with Crippen molar-refractivity contribution in [3.8, 4) is 5.75 Å². The van der Waals surface area contributed by atoms with Crippen LogP contribution in [-0.4, -0.2) is 19.1 Å². The Kier molecular flexibility index (Phi) is 3.41. The minimum Gasteiger partial charge on any atom is -0.490 e. The third-order valence-electron chi connectivity index (χ3n) is 1.75. The highest BCUT2D eigenvalue weighted by atomic mass is 16.6. The Morgan fingerprint density at radius 2 is 2.14 bits per heavy atom. The smallest absolute Gasteiger partial charge is 0.310 e. The third-order valence-corrected chi connectivity index (χ3v) is 1.75. The van der Waals surface area contributed by atoms with E-state index in [2.05, 4.69) is 0 Å². The largest absolute Gasteiger partial charge is 0.490 e. The van der Waals surface area contributed by atoms with E-state index in [0.717, 1.165) is 5.56 Å². The molecule has 0 fully saturated rings. The van der Waals surface area contributed by atoms with Crippen LogP contribution in [0.1, 0.15) is 5.56 Å². The molecule has 0 saturated carbocycles. The number of nitro benzene ring substituents is 1. The first-order chi connectivity index (χ1) is 6.69. The molecule has 0 atom stereocenters. The van der Waals surface area contributed by atoms with E-state index in [0.29, 0.717) is 6.61 Å². The Morgan fingerprint density at radius 3 is 2.64 bits per heavy atom. The molecule has 5 heteroatoms. The topological polar surface area (TPSA) is 61.6 Å². The van der Waals surface area contributed by atoms with Gasteiger partial charge in [-0.25, -0.2) is 0 Å². The van der Waals surface area contributed by atoms with E-state index in [9.17, 15) is 10.1 Å². The Hall–Kier alpha value is -1.62. The molecule has 0 unspecified atom stereocenters. The van der Waals surface area contributed by atoms with Crippen LogP contribution in [0.5, 0.6) is 5.75 Å². The monoisotopic (exact) mass is 197 g/mol. The molecule has 0 aliphatic carbocycles. The molecule has 0 bridgehead atoms. The van der Waals surface area contributed by atoms with Crippen molar-refractivity contribution in [3.05, 3.63) is 33.9 Å². The summed E-state index contributed by atoms with van der Waals surface area (Å²) in [5.74, 6) is 0.254. The summed E-state index contributed by atoms with van der Waals surface area (Å²) in [5.41, 5.74) is 0.808. The number of nitro groups is 1. The van der Waals surface area contributed by atoms with E-state index in [1.807, 2.05) is 0 Å². The zero-order valence-electron chi connectivity index (χ0n) is 8.02. The number of methoxy groups -OCH3 is 2. The third kappa shape index (κ3) is 2.20. The fraction of sp³-hybridized carbons (Fsp3) is 0.333. The van der Waals surface area contributed by atoms with Crippen molar-refractivity contribution in [1.29, 1.82) is 0 Å². The van der Waals surface area contributed by atoms with Crippen molar-refractivity contribution in [1.82, 2.24) is 0 Å². The second-order valence-electron chi connectivity index (χ2n) is 2.70. The van der Waals surface area contributed by atoms with E-state index >= 15 is 0 Å². The molecule has 1 aromatic carbocycles. The summed E-state index contributed by atoms with van der Waals surface area (Å²) in [6.45, 7) is 0.411. The minimum atomic E-state index is -0.477. The number of rotatable bonds is 4. The maximum Gasteiger partial charge on any atom is 0.310 e. The Balaban J connectivity index is 3.05. The summed E-state index contributed by atoms with van der Waals surface area (Å²) in [7, 11) is 2.97. The predicted molar refractivity (Wildman–Crippen MR) is 50.4 cm³/mol. The van der Waals surface area contributed by atoms with E-state index in [1.54, 1.807) is 19.2 Å². The number of hydrogen-bond donors (Lipinski definition) is 0. The molecule has 0 N–H and O–H groups in total. The van der Waals surface area contributed by atoms with Gasteiger partial charge in [0.15, 0.2) is 5.75 Å². The Labute approximate surface area is 81.4 Å². The summed E-state index contributed by atoms with van der Waals surface area (Å²) in [6.07, 6.45) is 0. The van der Waals surface area contributed by atoms with Crippen LogP contribution in [0.3, 0.4) is 0 Å². The molecule has 0 heterocycles. The fourth-order valence-corrected chi connectivity index (χ4v) is 1.13. The van der Waals surface area contributed by atoms with Gasteiger partial charge in [0, 0.05) is 13.2 Å². The van der Waals surface area contributed by atoms with Crippen LogP contribution in [0.25, 0.3) is 0 Å². The van der Waals surface area contributed by atoms with Gasteiger partial charge in [-0.2, -0.15) is 0 Å². The highest BCUT2D eigenvalue weighted by molar-refractivity contribution is 5.48.